The molecule has 0 bridgehead atoms. The van der Waals surface area contributed by atoms with Crippen molar-refractivity contribution in [3.8, 4) is 0 Å². The van der Waals surface area contributed by atoms with Crippen LogP contribution in [0.3, 0.4) is 0 Å². The van der Waals surface area contributed by atoms with Gasteiger partial charge >= 0.3 is 0 Å². The lowest BCUT2D eigenvalue weighted by molar-refractivity contribution is 0.102. The van der Waals surface area contributed by atoms with E-state index in [0.29, 0.717) is 0 Å². The van der Waals surface area contributed by atoms with Gasteiger partial charge in [-0.25, -0.2) is 13.2 Å². The molecule has 0 spiro atoms. The first kappa shape index (κ1) is 13.6. The molecule has 0 saturated carbocycles. The minimum atomic E-state index is -0.920. The van der Waals surface area contributed by atoms with Crippen molar-refractivity contribution in [2.45, 2.75) is 0 Å². The van der Waals surface area contributed by atoms with E-state index >= 15 is 0 Å². The summed E-state index contributed by atoms with van der Waals surface area (Å²) in [5, 5.41) is 2.07. The van der Waals surface area contributed by atoms with Crippen LogP contribution in [0.2, 0.25) is 0 Å². The molecule has 2 aromatic carbocycles. The van der Waals surface area contributed by atoms with Crippen molar-refractivity contribution in [1.82, 2.24) is 0 Å². The van der Waals surface area contributed by atoms with Crippen molar-refractivity contribution < 1.29 is 18.0 Å². The van der Waals surface area contributed by atoms with E-state index in [1.807, 2.05) is 0 Å². The van der Waals surface area contributed by atoms with Crippen LogP contribution in [0.4, 0.5) is 18.9 Å². The minimum absolute atomic E-state index is 0.0262. The zero-order valence-electron chi connectivity index (χ0n) is 9.38. The van der Waals surface area contributed by atoms with Crippen LogP contribution in [0, 0.1) is 17.5 Å². The predicted molar refractivity (Wildman–Crippen MR) is 68.4 cm³/mol. The third kappa shape index (κ3) is 3.14. The molecule has 0 aliphatic heterocycles. The molecular weight excluding hydrogens is 323 g/mol. The molecule has 0 aliphatic rings. The predicted octanol–water partition coefficient (Wildman–Crippen LogP) is 4.12. The molecule has 2 nitrogen and oxygen atoms in total. The van der Waals surface area contributed by atoms with E-state index < -0.39 is 29.0 Å². The average molecular weight is 330 g/mol. The summed E-state index contributed by atoms with van der Waals surface area (Å²) in [4.78, 5) is 11.7. The van der Waals surface area contributed by atoms with Crippen LogP contribution in [-0.2, 0) is 0 Å². The first-order valence-electron chi connectivity index (χ1n) is 5.19. The van der Waals surface area contributed by atoms with Crippen molar-refractivity contribution in [2.24, 2.45) is 0 Å². The minimum Gasteiger partial charge on any atom is -0.317 e. The highest BCUT2D eigenvalue weighted by Gasteiger charge is 2.15. The fourth-order valence-corrected chi connectivity index (χ4v) is 1.88. The fourth-order valence-electron chi connectivity index (χ4n) is 1.48. The smallest absolute Gasteiger partial charge is 0.255 e. The lowest BCUT2D eigenvalue weighted by atomic mass is 10.2. The Morgan fingerprint density at radius 3 is 2.26 bits per heavy atom. The molecule has 19 heavy (non-hydrogen) atoms. The van der Waals surface area contributed by atoms with Gasteiger partial charge in [-0.2, -0.15) is 0 Å². The quantitative estimate of drug-likeness (QED) is 0.882. The van der Waals surface area contributed by atoms with Gasteiger partial charge in [0.2, 0.25) is 0 Å². The van der Waals surface area contributed by atoms with Gasteiger partial charge in [-0.15, -0.1) is 0 Å². The zero-order valence-corrected chi connectivity index (χ0v) is 11.0. The highest BCUT2D eigenvalue weighted by atomic mass is 79.9. The van der Waals surface area contributed by atoms with Gasteiger partial charge in [0.15, 0.2) is 11.6 Å². The Morgan fingerprint density at radius 1 is 1.05 bits per heavy atom. The second-order valence-corrected chi connectivity index (χ2v) is 4.62. The Hall–Kier alpha value is -1.82. The normalized spacial score (nSPS) is 10.3. The molecule has 0 fully saturated rings. The summed E-state index contributed by atoms with van der Waals surface area (Å²) in [7, 11) is 0. The highest BCUT2D eigenvalue weighted by Crippen LogP contribution is 2.24. The van der Waals surface area contributed by atoms with Crippen LogP contribution in [0.25, 0.3) is 0 Å². The summed E-state index contributed by atoms with van der Waals surface area (Å²) in [5.41, 5.74) is -0.598. The summed E-state index contributed by atoms with van der Waals surface area (Å²) in [6, 6.07) is 6.85. The molecule has 0 heterocycles. The number of carbonyl (C=O) groups is 1. The zero-order chi connectivity index (χ0) is 14.0. The van der Waals surface area contributed by atoms with Gasteiger partial charge in [-0.3, -0.25) is 4.79 Å². The molecule has 0 atom stereocenters. The molecular formula is C13H7BrF3NO. The fraction of sp³-hybridized carbons (Fsp3) is 0. The van der Waals surface area contributed by atoms with Gasteiger partial charge < -0.3 is 5.32 Å². The second-order valence-electron chi connectivity index (χ2n) is 3.71. The van der Waals surface area contributed by atoms with E-state index in [4.69, 9.17) is 0 Å². The lowest BCUT2D eigenvalue weighted by Crippen LogP contribution is -2.14. The molecule has 0 saturated heterocycles. The maximum atomic E-state index is 13.5. The van der Waals surface area contributed by atoms with Gasteiger partial charge in [-0.05, 0) is 30.3 Å². The number of amides is 1. The van der Waals surface area contributed by atoms with Crippen molar-refractivity contribution in [3.05, 3.63) is 63.9 Å². The van der Waals surface area contributed by atoms with Gasteiger partial charge in [0.25, 0.3) is 5.91 Å². The third-order valence-electron chi connectivity index (χ3n) is 2.33. The number of benzene rings is 2. The maximum absolute atomic E-state index is 13.5. The Morgan fingerprint density at radius 2 is 1.68 bits per heavy atom. The van der Waals surface area contributed by atoms with Crippen molar-refractivity contribution >= 4 is 27.5 Å². The number of hydrogen-bond donors (Lipinski definition) is 1. The molecule has 98 valence electrons. The lowest BCUT2D eigenvalue weighted by Gasteiger charge is -2.08. The standard InChI is InChI=1S/C13H7BrF3NO/c14-8-5-10(16)12(11(17)6-8)18-13(19)7-2-1-3-9(15)4-7/h1-6H,(H,18,19). The number of rotatable bonds is 2. The molecule has 0 unspecified atom stereocenters. The largest absolute Gasteiger partial charge is 0.317 e. The van der Waals surface area contributed by atoms with Crippen LogP contribution >= 0.6 is 15.9 Å². The number of hydrogen-bond acceptors (Lipinski definition) is 1. The molecule has 0 radical (unpaired) electrons. The summed E-state index contributed by atoms with van der Waals surface area (Å²) in [5.74, 6) is -3.24. The van der Waals surface area contributed by atoms with E-state index in [1.165, 1.54) is 12.1 Å². The van der Waals surface area contributed by atoms with Crippen LogP contribution in [-0.4, -0.2) is 5.91 Å². The van der Waals surface area contributed by atoms with Crippen LogP contribution < -0.4 is 5.32 Å². The van der Waals surface area contributed by atoms with Crippen LogP contribution in [0.5, 0.6) is 0 Å². The van der Waals surface area contributed by atoms with E-state index in [9.17, 15) is 18.0 Å². The van der Waals surface area contributed by atoms with Gasteiger partial charge in [0.05, 0.1) is 0 Å². The summed E-state index contributed by atoms with van der Waals surface area (Å²) >= 11 is 2.93. The number of nitrogens with one attached hydrogen (secondary N) is 1. The maximum Gasteiger partial charge on any atom is 0.255 e. The topological polar surface area (TPSA) is 29.1 Å². The monoisotopic (exact) mass is 329 g/mol. The summed E-state index contributed by atoms with van der Waals surface area (Å²) < 4.78 is 40.2. The average Bonchev–Trinajstić information content (AvgIpc) is 2.33. The Kier molecular flexibility index (Phi) is 3.90. The van der Waals surface area contributed by atoms with Gasteiger partial charge in [-0.1, -0.05) is 22.0 Å². The summed E-state index contributed by atoms with van der Waals surface area (Å²) in [6.45, 7) is 0. The molecule has 1 N–H and O–H groups in total. The Balaban J connectivity index is 2.29. The first-order valence-corrected chi connectivity index (χ1v) is 5.98. The third-order valence-corrected chi connectivity index (χ3v) is 2.79. The molecule has 2 aromatic rings. The van der Waals surface area contributed by atoms with Crippen molar-refractivity contribution in [3.63, 3.8) is 0 Å². The molecule has 0 aromatic heterocycles. The van der Waals surface area contributed by atoms with Crippen molar-refractivity contribution in [2.75, 3.05) is 5.32 Å². The van der Waals surface area contributed by atoms with Crippen molar-refractivity contribution in [1.29, 1.82) is 0 Å². The van der Waals surface area contributed by atoms with E-state index in [-0.39, 0.29) is 10.0 Å². The molecule has 0 aliphatic carbocycles. The van der Waals surface area contributed by atoms with E-state index in [1.54, 1.807) is 0 Å². The summed E-state index contributed by atoms with van der Waals surface area (Å²) in [6.07, 6.45) is 0. The molecule has 2 rings (SSSR count). The van der Waals surface area contributed by atoms with Gasteiger partial charge in [0.1, 0.15) is 11.5 Å². The first-order chi connectivity index (χ1) is 8.97. The van der Waals surface area contributed by atoms with Crippen LogP contribution in [0.1, 0.15) is 10.4 Å². The Bertz CT molecular complexity index is 623. The number of carbonyl (C=O) groups excluding carboxylic acids is 1. The molecule has 1 amide bonds. The second kappa shape index (κ2) is 5.44. The SMILES string of the molecule is O=C(Nc1c(F)cc(Br)cc1F)c1cccc(F)c1. The van der Waals surface area contributed by atoms with E-state index in [2.05, 4.69) is 21.2 Å². The molecule has 6 heteroatoms. The van der Waals surface area contributed by atoms with E-state index in [0.717, 1.165) is 24.3 Å². The Labute approximate surface area is 115 Å². The highest BCUT2D eigenvalue weighted by molar-refractivity contribution is 9.10. The number of halogens is 4. The number of anilines is 1. The van der Waals surface area contributed by atoms with Crippen LogP contribution in [0.15, 0.2) is 40.9 Å². The van der Waals surface area contributed by atoms with Gasteiger partial charge in [0, 0.05) is 10.0 Å².